The molecule has 2 aliphatic rings. The molecular weight excluding hydrogens is 360 g/mol. The van der Waals surface area contributed by atoms with Crippen molar-refractivity contribution in [1.29, 1.82) is 0 Å². The summed E-state index contributed by atoms with van der Waals surface area (Å²) in [5.74, 6) is 0.314. The number of benzene rings is 2. The molecule has 0 radical (unpaired) electrons. The Morgan fingerprint density at radius 1 is 1.07 bits per heavy atom. The van der Waals surface area contributed by atoms with Crippen molar-refractivity contribution in [1.82, 2.24) is 10.3 Å². The molecule has 4 nitrogen and oxygen atoms in total. The minimum absolute atomic E-state index is 0.00930. The van der Waals surface area contributed by atoms with Gasteiger partial charge in [0.15, 0.2) is 0 Å². The van der Waals surface area contributed by atoms with Crippen LogP contribution in [0.2, 0.25) is 0 Å². The van der Waals surface area contributed by atoms with Crippen molar-refractivity contribution in [3.05, 3.63) is 70.9 Å². The van der Waals surface area contributed by atoms with Crippen molar-refractivity contribution in [3.63, 3.8) is 0 Å². The number of hydrogen-bond acceptors (Lipinski definition) is 2. The van der Waals surface area contributed by atoms with Gasteiger partial charge in [-0.25, -0.2) is 0 Å². The number of hydrogen-bond donors (Lipinski definition) is 2. The van der Waals surface area contributed by atoms with Gasteiger partial charge >= 0.3 is 0 Å². The van der Waals surface area contributed by atoms with E-state index in [4.69, 9.17) is 4.74 Å². The fraction of sp³-hybridized carbons (Fsp3) is 0.400. The lowest BCUT2D eigenvalue weighted by Gasteiger charge is -2.32. The summed E-state index contributed by atoms with van der Waals surface area (Å²) in [6.45, 7) is 1.43. The number of carbonyl (C=O) groups excluding carboxylic acids is 1. The Hall–Kier alpha value is -2.59. The van der Waals surface area contributed by atoms with Gasteiger partial charge in [0.25, 0.3) is 5.91 Å². The zero-order valence-corrected chi connectivity index (χ0v) is 16.7. The number of amides is 1. The number of H-pyrrole nitrogens is 1. The van der Waals surface area contributed by atoms with Crippen LogP contribution in [0.5, 0.6) is 0 Å². The third-order valence-electron chi connectivity index (χ3n) is 6.46. The highest BCUT2D eigenvalue weighted by Gasteiger charge is 2.28. The average Bonchev–Trinajstić information content (AvgIpc) is 3.16. The van der Waals surface area contributed by atoms with Gasteiger partial charge in [0.05, 0.1) is 6.10 Å². The van der Waals surface area contributed by atoms with E-state index < -0.39 is 0 Å². The first-order chi connectivity index (χ1) is 14.3. The van der Waals surface area contributed by atoms with E-state index >= 15 is 0 Å². The number of rotatable bonds is 4. The molecule has 3 aromatic rings. The molecule has 1 aliphatic heterocycles. The summed E-state index contributed by atoms with van der Waals surface area (Å²) in [5, 5.41) is 4.39. The number of fused-ring (bicyclic) bond motifs is 3. The number of aromatic amines is 1. The van der Waals surface area contributed by atoms with Crippen LogP contribution in [0.15, 0.2) is 48.5 Å². The Kier molecular flexibility index (Phi) is 5.11. The first-order valence-electron chi connectivity index (χ1n) is 10.9. The molecule has 1 aromatic heterocycles. The third-order valence-corrected chi connectivity index (χ3v) is 6.46. The summed E-state index contributed by atoms with van der Waals surface area (Å²) < 4.78 is 6.07. The standard InChI is InChI=1S/C25H28N2O2/c28-25(18-12-13-23-21(15-18)20-10-4-5-11-22(20)27-23)26-16-19-9-6-14-29-24(19)17-7-2-1-3-8-17/h1-3,7-8,12-13,15,19,24,27H,4-6,9-11,14,16H2,(H,26,28). The monoisotopic (exact) mass is 388 g/mol. The van der Waals surface area contributed by atoms with Crippen LogP contribution < -0.4 is 5.32 Å². The molecule has 1 fully saturated rings. The van der Waals surface area contributed by atoms with E-state index in [1.54, 1.807) is 0 Å². The number of carbonyl (C=O) groups is 1. The molecule has 29 heavy (non-hydrogen) atoms. The molecule has 2 aromatic carbocycles. The smallest absolute Gasteiger partial charge is 0.251 e. The highest BCUT2D eigenvalue weighted by atomic mass is 16.5. The van der Waals surface area contributed by atoms with Crippen LogP contribution in [0.1, 0.15) is 59.0 Å². The van der Waals surface area contributed by atoms with Crippen LogP contribution in [0.25, 0.3) is 10.9 Å². The van der Waals surface area contributed by atoms with Crippen LogP contribution in [0.3, 0.4) is 0 Å². The predicted molar refractivity (Wildman–Crippen MR) is 115 cm³/mol. The molecular formula is C25H28N2O2. The number of ether oxygens (including phenoxy) is 1. The van der Waals surface area contributed by atoms with Crippen LogP contribution in [0, 0.1) is 5.92 Å². The first kappa shape index (κ1) is 18.4. The second-order valence-electron chi connectivity index (χ2n) is 8.36. The van der Waals surface area contributed by atoms with Gasteiger partial charge < -0.3 is 15.0 Å². The quantitative estimate of drug-likeness (QED) is 0.665. The van der Waals surface area contributed by atoms with E-state index in [9.17, 15) is 4.79 Å². The van der Waals surface area contributed by atoms with E-state index in [-0.39, 0.29) is 12.0 Å². The number of aryl methyl sites for hydroxylation is 2. The van der Waals surface area contributed by atoms with E-state index in [2.05, 4.69) is 46.7 Å². The lowest BCUT2D eigenvalue weighted by atomic mass is 9.89. The Balaban J connectivity index is 1.31. The maximum absolute atomic E-state index is 12.9. The fourth-order valence-corrected chi connectivity index (χ4v) is 4.94. The fourth-order valence-electron chi connectivity index (χ4n) is 4.94. The van der Waals surface area contributed by atoms with Crippen molar-refractivity contribution >= 4 is 16.8 Å². The third kappa shape index (κ3) is 3.69. The zero-order valence-electron chi connectivity index (χ0n) is 16.7. The molecule has 4 heteroatoms. The molecule has 2 unspecified atom stereocenters. The van der Waals surface area contributed by atoms with Crippen LogP contribution in [-0.4, -0.2) is 24.0 Å². The van der Waals surface area contributed by atoms with Gasteiger partial charge in [0, 0.05) is 41.2 Å². The minimum Gasteiger partial charge on any atom is -0.373 e. The van der Waals surface area contributed by atoms with Gasteiger partial charge in [-0.1, -0.05) is 30.3 Å². The molecule has 1 saturated heterocycles. The van der Waals surface area contributed by atoms with Gasteiger partial charge in [-0.05, 0) is 67.9 Å². The summed E-state index contributed by atoms with van der Waals surface area (Å²) in [6.07, 6.45) is 6.89. The Morgan fingerprint density at radius 3 is 2.83 bits per heavy atom. The maximum atomic E-state index is 12.9. The molecule has 0 saturated carbocycles. The Morgan fingerprint density at radius 2 is 1.93 bits per heavy atom. The SMILES string of the molecule is O=C(NCC1CCCOC1c1ccccc1)c1ccc2[nH]c3c(c2c1)CCCC3. The van der Waals surface area contributed by atoms with Crippen molar-refractivity contribution in [2.75, 3.05) is 13.2 Å². The molecule has 2 N–H and O–H groups in total. The predicted octanol–water partition coefficient (Wildman–Crippen LogP) is 4.94. The molecule has 2 atom stereocenters. The van der Waals surface area contributed by atoms with E-state index in [1.807, 2.05) is 12.1 Å². The second-order valence-corrected chi connectivity index (χ2v) is 8.36. The Bertz CT molecular complexity index is 1010. The van der Waals surface area contributed by atoms with Crippen LogP contribution in [0.4, 0.5) is 0 Å². The van der Waals surface area contributed by atoms with Crippen molar-refractivity contribution in [3.8, 4) is 0 Å². The summed E-state index contributed by atoms with van der Waals surface area (Å²) >= 11 is 0. The van der Waals surface area contributed by atoms with Gasteiger partial charge in [-0.2, -0.15) is 0 Å². The molecule has 1 amide bonds. The molecule has 150 valence electrons. The van der Waals surface area contributed by atoms with Gasteiger partial charge in [0.2, 0.25) is 0 Å². The van der Waals surface area contributed by atoms with Crippen LogP contribution in [-0.2, 0) is 17.6 Å². The highest BCUT2D eigenvalue weighted by molar-refractivity contribution is 5.99. The number of aromatic nitrogens is 1. The topological polar surface area (TPSA) is 54.1 Å². The Labute approximate surface area is 171 Å². The maximum Gasteiger partial charge on any atom is 0.251 e. The summed E-state index contributed by atoms with van der Waals surface area (Å²) in [4.78, 5) is 16.4. The number of nitrogens with one attached hydrogen (secondary N) is 2. The van der Waals surface area contributed by atoms with Gasteiger partial charge in [0.1, 0.15) is 0 Å². The van der Waals surface area contributed by atoms with Crippen molar-refractivity contribution in [2.45, 2.75) is 44.6 Å². The molecule has 5 rings (SSSR count). The van der Waals surface area contributed by atoms with Gasteiger partial charge in [-0.15, -0.1) is 0 Å². The van der Waals surface area contributed by atoms with Crippen LogP contribution >= 0.6 is 0 Å². The molecule has 1 aliphatic carbocycles. The second kappa shape index (κ2) is 8.03. The molecule has 0 spiro atoms. The molecule has 0 bridgehead atoms. The normalized spacial score (nSPS) is 21.7. The van der Waals surface area contributed by atoms with E-state index in [0.717, 1.165) is 43.4 Å². The zero-order chi connectivity index (χ0) is 19.6. The first-order valence-corrected chi connectivity index (χ1v) is 10.9. The average molecular weight is 389 g/mol. The highest BCUT2D eigenvalue weighted by Crippen LogP contribution is 2.33. The molecule has 2 heterocycles. The van der Waals surface area contributed by atoms with E-state index in [1.165, 1.54) is 35.0 Å². The van der Waals surface area contributed by atoms with Crippen molar-refractivity contribution < 1.29 is 9.53 Å². The minimum atomic E-state index is 0.00930. The lowest BCUT2D eigenvalue weighted by Crippen LogP contribution is -2.35. The summed E-state index contributed by atoms with van der Waals surface area (Å²) in [5.41, 5.74) is 5.86. The summed E-state index contributed by atoms with van der Waals surface area (Å²) in [7, 11) is 0. The summed E-state index contributed by atoms with van der Waals surface area (Å²) in [6, 6.07) is 16.4. The lowest BCUT2D eigenvalue weighted by molar-refractivity contribution is -0.0272. The largest absolute Gasteiger partial charge is 0.373 e. The van der Waals surface area contributed by atoms with Gasteiger partial charge in [-0.3, -0.25) is 4.79 Å². The van der Waals surface area contributed by atoms with E-state index in [0.29, 0.717) is 12.5 Å². The van der Waals surface area contributed by atoms with Crippen molar-refractivity contribution in [2.24, 2.45) is 5.92 Å².